The standard InChI is InChI=1S/C30H24Br2N2O3/c1-35-28-14-21(12-13-27(28)36-18-19-8-4-2-5-9-19)30-34-26(17-25(33-34)20-10-6-3-7-11-20)23-15-22(31)16-24(32)29(23)37-30/h2-16,26,30H,17-18H2,1H3/t26-,30-/m0/s1. The minimum Gasteiger partial charge on any atom is -0.493 e. The normalized spacial score (nSPS) is 17.9. The Labute approximate surface area is 232 Å². The highest BCUT2D eigenvalue weighted by Crippen LogP contribution is 2.51. The molecule has 0 saturated heterocycles. The molecule has 6 rings (SSSR count). The molecule has 186 valence electrons. The van der Waals surface area contributed by atoms with Gasteiger partial charge < -0.3 is 14.2 Å². The summed E-state index contributed by atoms with van der Waals surface area (Å²) in [6.45, 7) is 0.463. The topological polar surface area (TPSA) is 43.3 Å². The highest BCUT2D eigenvalue weighted by atomic mass is 79.9. The summed E-state index contributed by atoms with van der Waals surface area (Å²) >= 11 is 7.36. The summed E-state index contributed by atoms with van der Waals surface area (Å²) in [6.07, 6.45) is 0.364. The van der Waals surface area contributed by atoms with Crippen molar-refractivity contribution in [2.75, 3.05) is 7.11 Å². The number of benzene rings is 4. The lowest BCUT2D eigenvalue weighted by atomic mass is 9.96. The number of nitrogens with zero attached hydrogens (tertiary/aromatic N) is 2. The quantitative estimate of drug-likeness (QED) is 0.219. The van der Waals surface area contributed by atoms with Crippen molar-refractivity contribution in [2.45, 2.75) is 25.3 Å². The van der Waals surface area contributed by atoms with Crippen molar-refractivity contribution in [2.24, 2.45) is 5.10 Å². The first-order valence-electron chi connectivity index (χ1n) is 12.0. The van der Waals surface area contributed by atoms with Crippen molar-refractivity contribution in [3.05, 3.63) is 122 Å². The van der Waals surface area contributed by atoms with Crippen LogP contribution in [-0.4, -0.2) is 17.8 Å². The van der Waals surface area contributed by atoms with E-state index in [-0.39, 0.29) is 6.04 Å². The molecule has 2 aliphatic rings. The summed E-state index contributed by atoms with van der Waals surface area (Å²) in [4.78, 5) is 0. The van der Waals surface area contributed by atoms with Gasteiger partial charge in [-0.1, -0.05) is 76.6 Å². The smallest absolute Gasteiger partial charge is 0.214 e. The predicted octanol–water partition coefficient (Wildman–Crippen LogP) is 8.04. The predicted molar refractivity (Wildman–Crippen MR) is 151 cm³/mol. The first kappa shape index (κ1) is 24.1. The molecule has 7 heteroatoms. The van der Waals surface area contributed by atoms with E-state index in [1.54, 1.807) is 7.11 Å². The van der Waals surface area contributed by atoms with E-state index in [4.69, 9.17) is 19.3 Å². The highest BCUT2D eigenvalue weighted by Gasteiger charge is 2.42. The van der Waals surface area contributed by atoms with Gasteiger partial charge in [-0.2, -0.15) is 5.10 Å². The van der Waals surface area contributed by atoms with Crippen molar-refractivity contribution in [3.63, 3.8) is 0 Å². The lowest BCUT2D eigenvalue weighted by molar-refractivity contribution is -0.0198. The molecule has 4 aromatic carbocycles. The van der Waals surface area contributed by atoms with Crippen molar-refractivity contribution in [3.8, 4) is 17.2 Å². The second kappa shape index (κ2) is 10.2. The van der Waals surface area contributed by atoms with Crippen LogP contribution in [0, 0.1) is 0 Å². The van der Waals surface area contributed by atoms with Crippen LogP contribution in [0.3, 0.4) is 0 Å². The van der Waals surface area contributed by atoms with Gasteiger partial charge in [0.1, 0.15) is 12.4 Å². The number of halogens is 2. The van der Waals surface area contributed by atoms with Gasteiger partial charge in [-0.05, 0) is 57.4 Å². The van der Waals surface area contributed by atoms with Crippen LogP contribution in [-0.2, 0) is 6.61 Å². The fourth-order valence-corrected chi connectivity index (χ4v) is 6.18. The number of hydrazone groups is 1. The average molecular weight is 620 g/mol. The molecule has 2 aliphatic heterocycles. The van der Waals surface area contributed by atoms with E-state index in [0.29, 0.717) is 18.1 Å². The molecule has 5 nitrogen and oxygen atoms in total. The van der Waals surface area contributed by atoms with E-state index >= 15 is 0 Å². The Morgan fingerprint density at radius 3 is 2.43 bits per heavy atom. The SMILES string of the molecule is COc1cc([C@@H]2Oc3c(Br)cc(Br)cc3[C@@H]3CC(c4ccccc4)=NN32)ccc1OCc1ccccc1. The lowest BCUT2D eigenvalue weighted by Gasteiger charge is -2.38. The van der Waals surface area contributed by atoms with Gasteiger partial charge in [-0.25, -0.2) is 5.01 Å². The third-order valence-electron chi connectivity index (χ3n) is 6.63. The molecule has 0 N–H and O–H groups in total. The highest BCUT2D eigenvalue weighted by molar-refractivity contribution is 9.11. The Balaban J connectivity index is 1.36. The summed E-state index contributed by atoms with van der Waals surface area (Å²) in [6, 6.07) is 30.5. The maximum absolute atomic E-state index is 6.63. The Morgan fingerprint density at radius 1 is 0.919 bits per heavy atom. The monoisotopic (exact) mass is 618 g/mol. The van der Waals surface area contributed by atoms with Crippen LogP contribution < -0.4 is 14.2 Å². The number of fused-ring (bicyclic) bond motifs is 3. The van der Waals surface area contributed by atoms with Crippen molar-refractivity contribution in [1.29, 1.82) is 0 Å². The van der Waals surface area contributed by atoms with Gasteiger partial charge in [0.25, 0.3) is 0 Å². The Hall–Kier alpha value is -3.29. The van der Waals surface area contributed by atoms with Gasteiger partial charge in [0.2, 0.25) is 6.23 Å². The summed E-state index contributed by atoms with van der Waals surface area (Å²) in [5.41, 5.74) is 5.29. The molecule has 37 heavy (non-hydrogen) atoms. The van der Waals surface area contributed by atoms with E-state index in [0.717, 1.165) is 49.1 Å². The third kappa shape index (κ3) is 4.74. The van der Waals surface area contributed by atoms with Crippen molar-refractivity contribution in [1.82, 2.24) is 5.01 Å². The molecular weight excluding hydrogens is 596 g/mol. The van der Waals surface area contributed by atoms with Crippen LogP contribution in [0.5, 0.6) is 17.2 Å². The Bertz CT molecular complexity index is 1460. The van der Waals surface area contributed by atoms with Crippen LogP contribution in [0.25, 0.3) is 0 Å². The molecule has 0 bridgehead atoms. The number of ether oxygens (including phenoxy) is 3. The molecule has 0 radical (unpaired) electrons. The molecule has 0 amide bonds. The van der Waals surface area contributed by atoms with Crippen LogP contribution in [0.15, 0.2) is 105 Å². The number of rotatable bonds is 6. The molecule has 4 aromatic rings. The second-order valence-corrected chi connectivity index (χ2v) is 10.7. The zero-order valence-electron chi connectivity index (χ0n) is 20.1. The molecule has 0 fully saturated rings. The van der Waals surface area contributed by atoms with Crippen LogP contribution in [0.4, 0.5) is 0 Å². The van der Waals surface area contributed by atoms with E-state index in [9.17, 15) is 0 Å². The lowest BCUT2D eigenvalue weighted by Crippen LogP contribution is -2.34. The molecule has 0 saturated carbocycles. The first-order chi connectivity index (χ1) is 18.1. The van der Waals surface area contributed by atoms with E-state index < -0.39 is 6.23 Å². The zero-order valence-corrected chi connectivity index (χ0v) is 23.3. The van der Waals surface area contributed by atoms with E-state index in [2.05, 4.69) is 55.1 Å². The first-order valence-corrected chi connectivity index (χ1v) is 13.6. The summed E-state index contributed by atoms with van der Waals surface area (Å²) in [5.74, 6) is 2.17. The summed E-state index contributed by atoms with van der Waals surface area (Å²) in [7, 11) is 1.66. The molecule has 0 aliphatic carbocycles. The number of methoxy groups -OCH3 is 1. The minimum absolute atomic E-state index is 0.0396. The van der Waals surface area contributed by atoms with Gasteiger partial charge in [-0.15, -0.1) is 0 Å². The van der Waals surface area contributed by atoms with E-state index in [1.165, 1.54) is 0 Å². The van der Waals surface area contributed by atoms with Gasteiger partial charge in [-0.3, -0.25) is 0 Å². The van der Waals surface area contributed by atoms with Gasteiger partial charge >= 0.3 is 0 Å². The second-order valence-electron chi connectivity index (χ2n) is 8.97. The maximum Gasteiger partial charge on any atom is 0.214 e. The van der Waals surface area contributed by atoms with Gasteiger partial charge in [0.15, 0.2) is 11.5 Å². The van der Waals surface area contributed by atoms with Crippen LogP contribution in [0.1, 0.15) is 40.9 Å². The van der Waals surface area contributed by atoms with Gasteiger partial charge in [0.05, 0.1) is 23.3 Å². The Kier molecular flexibility index (Phi) is 6.65. The Morgan fingerprint density at radius 2 is 1.68 bits per heavy atom. The van der Waals surface area contributed by atoms with E-state index in [1.807, 2.05) is 72.8 Å². The minimum atomic E-state index is -0.423. The molecule has 0 aromatic heterocycles. The zero-order chi connectivity index (χ0) is 25.4. The number of hydrogen-bond acceptors (Lipinski definition) is 5. The largest absolute Gasteiger partial charge is 0.493 e. The van der Waals surface area contributed by atoms with Crippen LogP contribution >= 0.6 is 31.9 Å². The third-order valence-corrected chi connectivity index (χ3v) is 7.67. The molecule has 0 spiro atoms. The molecule has 2 heterocycles. The van der Waals surface area contributed by atoms with Crippen molar-refractivity contribution < 1.29 is 14.2 Å². The molecule has 2 atom stereocenters. The summed E-state index contributed by atoms with van der Waals surface area (Å²) in [5, 5.41) is 7.14. The summed E-state index contributed by atoms with van der Waals surface area (Å²) < 4.78 is 20.3. The molecular formula is C30H24Br2N2O3. The fourth-order valence-electron chi connectivity index (χ4n) is 4.83. The fraction of sp³-hybridized carbons (Fsp3) is 0.167. The number of hydrogen-bond donors (Lipinski definition) is 0. The van der Waals surface area contributed by atoms with Crippen LogP contribution in [0.2, 0.25) is 0 Å². The van der Waals surface area contributed by atoms with Gasteiger partial charge in [0, 0.05) is 22.0 Å². The van der Waals surface area contributed by atoms with Crippen molar-refractivity contribution >= 4 is 37.6 Å². The maximum atomic E-state index is 6.63. The molecule has 0 unspecified atom stereocenters. The average Bonchev–Trinajstić information content (AvgIpc) is 3.39.